The minimum Gasteiger partial charge on any atom is -0.313 e. The summed E-state index contributed by atoms with van der Waals surface area (Å²) >= 11 is 1.82. The number of aromatic nitrogens is 1. The van der Waals surface area contributed by atoms with Gasteiger partial charge in [0.25, 0.3) is 10.0 Å². The Bertz CT molecular complexity index is 489. The quantitative estimate of drug-likeness (QED) is 0.607. The first-order valence-electron chi connectivity index (χ1n) is 7.24. The summed E-state index contributed by atoms with van der Waals surface area (Å²) in [5.41, 5.74) is 0.980. The highest BCUT2D eigenvalue weighted by Gasteiger charge is 2.14. The highest BCUT2D eigenvalue weighted by molar-refractivity contribution is 7.98. The Balaban J connectivity index is 2.42. The highest BCUT2D eigenvalue weighted by Crippen LogP contribution is 2.07. The second kappa shape index (κ2) is 10.2. The summed E-state index contributed by atoms with van der Waals surface area (Å²) in [4.78, 5) is 4.04. The molecule has 1 aromatic rings. The van der Waals surface area contributed by atoms with E-state index in [1.807, 2.05) is 18.7 Å². The van der Waals surface area contributed by atoms with Crippen molar-refractivity contribution in [1.29, 1.82) is 0 Å². The minimum atomic E-state index is -3.48. The Hall–Kier alpha value is -0.630. The van der Waals surface area contributed by atoms with Crippen LogP contribution in [-0.2, 0) is 16.6 Å². The molecule has 1 heterocycles. The molecular formula is C14H25N3O2S2. The van der Waals surface area contributed by atoms with Gasteiger partial charge >= 0.3 is 0 Å². The maximum atomic E-state index is 12.1. The van der Waals surface area contributed by atoms with Crippen LogP contribution < -0.4 is 10.0 Å². The summed E-state index contributed by atoms with van der Waals surface area (Å²) in [6.45, 7) is 4.07. The Kier molecular flexibility index (Phi) is 8.91. The van der Waals surface area contributed by atoms with Crippen molar-refractivity contribution in [2.24, 2.45) is 0 Å². The molecule has 0 aliphatic carbocycles. The van der Waals surface area contributed by atoms with Crippen LogP contribution in [0.2, 0.25) is 0 Å². The molecule has 0 spiro atoms. The lowest BCUT2D eigenvalue weighted by Gasteiger charge is -2.07. The number of pyridine rings is 1. The number of nitrogens with zero attached hydrogens (tertiary/aromatic N) is 1. The van der Waals surface area contributed by atoms with Crippen LogP contribution in [0, 0.1) is 0 Å². The molecule has 0 saturated carbocycles. The van der Waals surface area contributed by atoms with Gasteiger partial charge in [-0.3, -0.25) is 0 Å². The van der Waals surface area contributed by atoms with E-state index < -0.39 is 10.0 Å². The van der Waals surface area contributed by atoms with Crippen LogP contribution in [0.5, 0.6) is 0 Å². The standard InChI is InChI=1S/C14H25N3O2S2/c1-3-15-11-13-7-8-14(16-12-13)21(18,19)17-9-5-4-6-10-20-2/h7-8,12,15,17H,3-6,9-11H2,1-2H3. The zero-order valence-electron chi connectivity index (χ0n) is 12.8. The lowest BCUT2D eigenvalue weighted by molar-refractivity contribution is 0.572. The van der Waals surface area contributed by atoms with E-state index in [9.17, 15) is 8.42 Å². The molecule has 0 fully saturated rings. The second-order valence-corrected chi connectivity index (χ2v) is 7.44. The van der Waals surface area contributed by atoms with Crippen molar-refractivity contribution in [3.05, 3.63) is 23.9 Å². The fourth-order valence-electron chi connectivity index (χ4n) is 1.77. The van der Waals surface area contributed by atoms with Gasteiger partial charge in [-0.15, -0.1) is 0 Å². The zero-order chi connectivity index (χ0) is 15.6. The average Bonchev–Trinajstić information content (AvgIpc) is 2.49. The van der Waals surface area contributed by atoms with Gasteiger partial charge in [0.05, 0.1) is 0 Å². The average molecular weight is 332 g/mol. The number of rotatable bonds is 11. The summed E-state index contributed by atoms with van der Waals surface area (Å²) in [5, 5.41) is 3.26. The third-order valence-electron chi connectivity index (χ3n) is 2.97. The summed E-state index contributed by atoms with van der Waals surface area (Å²) < 4.78 is 26.7. The van der Waals surface area contributed by atoms with E-state index in [4.69, 9.17) is 0 Å². The van der Waals surface area contributed by atoms with E-state index in [1.165, 1.54) is 0 Å². The first-order valence-corrected chi connectivity index (χ1v) is 10.1. The van der Waals surface area contributed by atoms with Crippen molar-refractivity contribution in [2.75, 3.05) is 25.1 Å². The normalized spacial score (nSPS) is 11.7. The molecule has 0 unspecified atom stereocenters. The number of hydrogen-bond donors (Lipinski definition) is 2. The number of sulfonamides is 1. The smallest absolute Gasteiger partial charge is 0.258 e. The maximum absolute atomic E-state index is 12.1. The third-order valence-corrected chi connectivity index (χ3v) is 5.04. The monoisotopic (exact) mass is 331 g/mol. The number of unbranched alkanes of at least 4 members (excludes halogenated alkanes) is 2. The van der Waals surface area contributed by atoms with Crippen molar-refractivity contribution >= 4 is 21.8 Å². The summed E-state index contributed by atoms with van der Waals surface area (Å²) in [6, 6.07) is 3.35. The van der Waals surface area contributed by atoms with Crippen molar-refractivity contribution < 1.29 is 8.42 Å². The molecule has 1 rings (SSSR count). The van der Waals surface area contributed by atoms with Gasteiger partial charge in [0, 0.05) is 19.3 Å². The van der Waals surface area contributed by atoms with Crippen LogP contribution in [0.25, 0.3) is 0 Å². The molecule has 7 heteroatoms. The van der Waals surface area contributed by atoms with Crippen LogP contribution in [0.15, 0.2) is 23.4 Å². The van der Waals surface area contributed by atoms with E-state index in [2.05, 4.69) is 21.3 Å². The molecule has 21 heavy (non-hydrogen) atoms. The van der Waals surface area contributed by atoms with Crippen molar-refractivity contribution in [3.8, 4) is 0 Å². The molecule has 2 N–H and O–H groups in total. The molecular weight excluding hydrogens is 306 g/mol. The number of hydrogen-bond acceptors (Lipinski definition) is 5. The maximum Gasteiger partial charge on any atom is 0.258 e. The third kappa shape index (κ3) is 7.26. The van der Waals surface area contributed by atoms with Gasteiger partial charge in [-0.2, -0.15) is 11.8 Å². The summed E-state index contributed by atoms with van der Waals surface area (Å²) in [6.07, 6.45) is 6.71. The van der Waals surface area contributed by atoms with Gasteiger partial charge < -0.3 is 5.32 Å². The van der Waals surface area contributed by atoms with Gasteiger partial charge in [-0.05, 0) is 43.0 Å². The van der Waals surface area contributed by atoms with Crippen LogP contribution in [-0.4, -0.2) is 38.5 Å². The van der Waals surface area contributed by atoms with Crippen LogP contribution in [0.1, 0.15) is 31.7 Å². The molecule has 0 radical (unpaired) electrons. The lowest BCUT2D eigenvalue weighted by Crippen LogP contribution is -2.25. The van der Waals surface area contributed by atoms with E-state index in [0.29, 0.717) is 13.1 Å². The summed E-state index contributed by atoms with van der Waals surface area (Å²) in [5.74, 6) is 1.13. The molecule has 0 amide bonds. The lowest BCUT2D eigenvalue weighted by atomic mass is 10.2. The molecule has 0 aliphatic rings. The van der Waals surface area contributed by atoms with Crippen LogP contribution in [0.4, 0.5) is 0 Å². The van der Waals surface area contributed by atoms with E-state index in [-0.39, 0.29) is 5.03 Å². The van der Waals surface area contributed by atoms with E-state index >= 15 is 0 Å². The Labute approximate surface area is 132 Å². The minimum absolute atomic E-state index is 0.0897. The van der Waals surface area contributed by atoms with Crippen molar-refractivity contribution in [3.63, 3.8) is 0 Å². The molecule has 0 atom stereocenters. The Morgan fingerprint density at radius 3 is 2.67 bits per heavy atom. The molecule has 0 aliphatic heterocycles. The van der Waals surface area contributed by atoms with Gasteiger partial charge in [-0.25, -0.2) is 18.1 Å². The van der Waals surface area contributed by atoms with Gasteiger partial charge in [0.15, 0.2) is 5.03 Å². The van der Waals surface area contributed by atoms with Gasteiger partial charge in [0.1, 0.15) is 0 Å². The van der Waals surface area contributed by atoms with E-state index in [0.717, 1.165) is 37.1 Å². The van der Waals surface area contributed by atoms with Crippen molar-refractivity contribution in [2.45, 2.75) is 37.8 Å². The molecule has 120 valence electrons. The molecule has 1 aromatic heterocycles. The highest BCUT2D eigenvalue weighted by atomic mass is 32.2. The number of thioether (sulfide) groups is 1. The first-order chi connectivity index (χ1) is 10.1. The predicted molar refractivity (Wildman–Crippen MR) is 89.0 cm³/mol. The van der Waals surface area contributed by atoms with Crippen LogP contribution >= 0.6 is 11.8 Å². The van der Waals surface area contributed by atoms with E-state index in [1.54, 1.807) is 18.3 Å². The Morgan fingerprint density at radius 2 is 2.05 bits per heavy atom. The largest absolute Gasteiger partial charge is 0.313 e. The predicted octanol–water partition coefficient (Wildman–Crippen LogP) is 2.00. The molecule has 0 saturated heterocycles. The second-order valence-electron chi connectivity index (χ2n) is 4.74. The topological polar surface area (TPSA) is 71.1 Å². The number of nitrogens with one attached hydrogen (secondary N) is 2. The Morgan fingerprint density at radius 1 is 1.24 bits per heavy atom. The van der Waals surface area contributed by atoms with Crippen molar-refractivity contribution in [1.82, 2.24) is 15.0 Å². The molecule has 0 bridgehead atoms. The van der Waals surface area contributed by atoms with Crippen LogP contribution in [0.3, 0.4) is 0 Å². The molecule has 0 aromatic carbocycles. The van der Waals surface area contributed by atoms with Gasteiger partial charge in [-0.1, -0.05) is 19.4 Å². The first kappa shape index (κ1) is 18.4. The van der Waals surface area contributed by atoms with Gasteiger partial charge in [0.2, 0.25) is 0 Å². The SMILES string of the molecule is CCNCc1ccc(S(=O)(=O)NCCCCCSC)nc1. The summed E-state index contributed by atoms with van der Waals surface area (Å²) in [7, 11) is -3.48. The zero-order valence-corrected chi connectivity index (χ0v) is 14.4. The fourth-order valence-corrected chi connectivity index (χ4v) is 3.26. The fraction of sp³-hybridized carbons (Fsp3) is 0.643. The molecule has 5 nitrogen and oxygen atoms in total.